The molecular weight excluding hydrogens is 472 g/mol. The number of phenolic OH excluding ortho intramolecular Hbond substituents is 1. The molecule has 35 heavy (non-hydrogen) atoms. The molecular formula is C25H28N2O7S. The summed E-state index contributed by atoms with van der Waals surface area (Å²) in [5.74, 6) is -2.12. The van der Waals surface area contributed by atoms with Crippen LogP contribution in [0, 0.1) is 0 Å². The Balaban J connectivity index is 1.74. The number of hydrogen-bond acceptors (Lipinski definition) is 7. The maximum Gasteiger partial charge on any atom is 0.295 e. The molecule has 2 aliphatic heterocycles. The Morgan fingerprint density at radius 1 is 1.06 bits per heavy atom. The van der Waals surface area contributed by atoms with Crippen molar-refractivity contribution in [2.45, 2.75) is 30.2 Å². The lowest BCUT2D eigenvalue weighted by Crippen LogP contribution is -2.35. The number of carbonyl (C=O) groups is 2. The molecule has 0 radical (unpaired) electrons. The topological polar surface area (TPSA) is 124 Å². The minimum Gasteiger partial charge on any atom is -0.508 e. The number of sulfonamides is 1. The highest BCUT2D eigenvalue weighted by Crippen LogP contribution is 2.40. The number of phenols is 1. The standard InChI is InChI=1S/C25H28N2O7S/c1-34-15-14-27-22(18-6-5-7-19(28)16-18)21(24(30)25(27)31)23(29)17-8-10-20(11-9-17)35(32,33)26-12-3-2-4-13-26/h5-11,16,22,28-29H,2-4,12-15H2,1H3. The Morgan fingerprint density at radius 3 is 2.37 bits per heavy atom. The molecule has 1 amide bonds. The SMILES string of the molecule is COCCN1C(=O)C(=O)C(=C(O)c2ccc(S(=O)(=O)N3CCCCC3)cc2)C1c1cccc(O)c1. The Kier molecular flexibility index (Phi) is 7.25. The van der Waals surface area contributed by atoms with Gasteiger partial charge in [0, 0.05) is 32.3 Å². The van der Waals surface area contributed by atoms with Gasteiger partial charge in [-0.05, 0) is 54.8 Å². The summed E-state index contributed by atoms with van der Waals surface area (Å²) in [6.07, 6.45) is 2.63. The van der Waals surface area contributed by atoms with Gasteiger partial charge < -0.3 is 19.8 Å². The normalized spacial score (nSPS) is 20.9. The van der Waals surface area contributed by atoms with Gasteiger partial charge in [0.15, 0.2) is 0 Å². The smallest absolute Gasteiger partial charge is 0.295 e. The van der Waals surface area contributed by atoms with E-state index >= 15 is 0 Å². The largest absolute Gasteiger partial charge is 0.508 e. The average Bonchev–Trinajstić information content (AvgIpc) is 3.12. The number of carbonyl (C=O) groups excluding carboxylic acids is 2. The number of ether oxygens (including phenoxy) is 1. The third-order valence-electron chi connectivity index (χ3n) is 6.34. The third kappa shape index (κ3) is 4.82. The summed E-state index contributed by atoms with van der Waals surface area (Å²) in [4.78, 5) is 27.2. The van der Waals surface area contributed by atoms with E-state index in [0.717, 1.165) is 19.3 Å². The van der Waals surface area contributed by atoms with E-state index in [4.69, 9.17) is 4.74 Å². The highest BCUT2D eigenvalue weighted by Gasteiger charge is 2.46. The van der Waals surface area contributed by atoms with Crippen LogP contribution < -0.4 is 0 Å². The lowest BCUT2D eigenvalue weighted by molar-refractivity contribution is -0.140. The van der Waals surface area contributed by atoms with Crippen LogP contribution in [-0.2, 0) is 24.3 Å². The summed E-state index contributed by atoms with van der Waals surface area (Å²) in [5, 5.41) is 21.1. The highest BCUT2D eigenvalue weighted by molar-refractivity contribution is 7.89. The van der Waals surface area contributed by atoms with Crippen molar-refractivity contribution in [3.8, 4) is 5.75 Å². The van der Waals surface area contributed by atoms with Crippen molar-refractivity contribution in [3.05, 3.63) is 65.2 Å². The summed E-state index contributed by atoms with van der Waals surface area (Å²) >= 11 is 0. The fraction of sp³-hybridized carbons (Fsp3) is 0.360. The maximum atomic E-state index is 13.0. The number of piperidine rings is 1. The number of nitrogens with zero attached hydrogens (tertiary/aromatic N) is 2. The van der Waals surface area contributed by atoms with Crippen molar-refractivity contribution >= 4 is 27.5 Å². The Hall–Kier alpha value is -3.21. The minimum atomic E-state index is -3.66. The van der Waals surface area contributed by atoms with Crippen LogP contribution in [0.3, 0.4) is 0 Å². The van der Waals surface area contributed by atoms with E-state index in [9.17, 15) is 28.2 Å². The van der Waals surface area contributed by atoms with E-state index in [-0.39, 0.29) is 34.9 Å². The number of methoxy groups -OCH3 is 1. The molecule has 186 valence electrons. The van der Waals surface area contributed by atoms with E-state index in [2.05, 4.69) is 0 Å². The second-order valence-electron chi connectivity index (χ2n) is 8.57. The quantitative estimate of drug-likeness (QED) is 0.340. The first kappa shape index (κ1) is 24.9. The number of likely N-dealkylation sites (tertiary alicyclic amines) is 1. The number of ketones is 1. The molecule has 9 nitrogen and oxygen atoms in total. The van der Waals surface area contributed by atoms with Crippen molar-refractivity contribution in [2.75, 3.05) is 33.4 Å². The monoisotopic (exact) mass is 500 g/mol. The zero-order chi connectivity index (χ0) is 25.2. The molecule has 2 aliphatic rings. The van der Waals surface area contributed by atoms with E-state index in [1.807, 2.05) is 0 Å². The number of Topliss-reactive ketones (excluding diaryl/α,β-unsaturated/α-hetero) is 1. The molecule has 0 bridgehead atoms. The van der Waals surface area contributed by atoms with Gasteiger partial charge in [0.05, 0.1) is 23.1 Å². The first-order valence-corrected chi connectivity index (χ1v) is 12.9. The molecule has 2 fully saturated rings. The van der Waals surface area contributed by atoms with Crippen LogP contribution in [0.25, 0.3) is 5.76 Å². The van der Waals surface area contributed by atoms with Crippen molar-refractivity contribution in [2.24, 2.45) is 0 Å². The van der Waals surface area contributed by atoms with E-state index < -0.39 is 33.5 Å². The molecule has 4 rings (SSSR count). The van der Waals surface area contributed by atoms with Crippen LogP contribution in [0.5, 0.6) is 5.75 Å². The van der Waals surface area contributed by atoms with Crippen LogP contribution in [-0.4, -0.2) is 72.9 Å². The van der Waals surface area contributed by atoms with E-state index in [0.29, 0.717) is 18.7 Å². The average molecular weight is 501 g/mol. The van der Waals surface area contributed by atoms with E-state index in [1.54, 1.807) is 12.1 Å². The van der Waals surface area contributed by atoms with Gasteiger partial charge >= 0.3 is 0 Å². The summed E-state index contributed by atoms with van der Waals surface area (Å²) in [5.41, 5.74) is 0.520. The number of aromatic hydroxyl groups is 1. The second-order valence-corrected chi connectivity index (χ2v) is 10.5. The van der Waals surface area contributed by atoms with Gasteiger partial charge in [0.2, 0.25) is 10.0 Å². The molecule has 2 saturated heterocycles. The highest BCUT2D eigenvalue weighted by atomic mass is 32.2. The molecule has 0 spiro atoms. The Bertz CT molecular complexity index is 1250. The van der Waals surface area contributed by atoms with Crippen LogP contribution in [0.2, 0.25) is 0 Å². The molecule has 2 aromatic rings. The van der Waals surface area contributed by atoms with E-state index in [1.165, 1.54) is 52.7 Å². The number of benzene rings is 2. The number of amides is 1. The third-order valence-corrected chi connectivity index (χ3v) is 8.26. The Labute approximate surface area is 204 Å². The molecule has 0 aromatic heterocycles. The fourth-order valence-corrected chi connectivity index (χ4v) is 6.05. The van der Waals surface area contributed by atoms with Crippen LogP contribution in [0.4, 0.5) is 0 Å². The van der Waals surface area contributed by atoms with Gasteiger partial charge in [-0.25, -0.2) is 8.42 Å². The first-order chi connectivity index (χ1) is 16.8. The van der Waals surface area contributed by atoms with Gasteiger partial charge in [-0.2, -0.15) is 4.31 Å². The molecule has 1 atom stereocenters. The molecule has 2 N–H and O–H groups in total. The van der Waals surface area contributed by atoms with Gasteiger partial charge in [-0.1, -0.05) is 18.6 Å². The molecule has 1 unspecified atom stereocenters. The van der Waals surface area contributed by atoms with Crippen molar-refractivity contribution in [3.63, 3.8) is 0 Å². The summed E-state index contributed by atoms with van der Waals surface area (Å²) in [7, 11) is -2.18. The second kappa shape index (κ2) is 10.2. The molecule has 10 heteroatoms. The van der Waals surface area contributed by atoms with Crippen LogP contribution in [0.1, 0.15) is 36.4 Å². The van der Waals surface area contributed by atoms with Gasteiger partial charge in [0.1, 0.15) is 11.5 Å². The first-order valence-electron chi connectivity index (χ1n) is 11.4. The zero-order valence-electron chi connectivity index (χ0n) is 19.4. The molecule has 0 aliphatic carbocycles. The van der Waals surface area contributed by atoms with Crippen LogP contribution in [0.15, 0.2) is 59.0 Å². The molecule has 0 saturated carbocycles. The van der Waals surface area contributed by atoms with Crippen LogP contribution >= 0.6 is 0 Å². The number of hydrogen-bond donors (Lipinski definition) is 2. The van der Waals surface area contributed by atoms with Crippen molar-refractivity contribution in [1.82, 2.24) is 9.21 Å². The maximum absolute atomic E-state index is 13.0. The van der Waals surface area contributed by atoms with Crippen molar-refractivity contribution in [1.29, 1.82) is 0 Å². The molecule has 2 heterocycles. The number of rotatable bonds is 7. The minimum absolute atomic E-state index is 0.0490. The van der Waals surface area contributed by atoms with Gasteiger partial charge in [-0.3, -0.25) is 9.59 Å². The fourth-order valence-electron chi connectivity index (χ4n) is 4.54. The Morgan fingerprint density at radius 2 is 1.74 bits per heavy atom. The summed E-state index contributed by atoms with van der Waals surface area (Å²) < 4.78 is 32.4. The van der Waals surface area contributed by atoms with Gasteiger partial charge in [0.25, 0.3) is 11.7 Å². The lowest BCUT2D eigenvalue weighted by atomic mass is 9.95. The number of aliphatic hydroxyl groups excluding tert-OH is 1. The number of aliphatic hydroxyl groups is 1. The zero-order valence-corrected chi connectivity index (χ0v) is 20.2. The summed E-state index contributed by atoms with van der Waals surface area (Å²) in [6.45, 7) is 1.22. The summed E-state index contributed by atoms with van der Waals surface area (Å²) in [6, 6.07) is 10.8. The predicted molar refractivity (Wildman–Crippen MR) is 128 cm³/mol. The predicted octanol–water partition coefficient (Wildman–Crippen LogP) is 2.63. The van der Waals surface area contributed by atoms with Gasteiger partial charge in [-0.15, -0.1) is 0 Å². The lowest BCUT2D eigenvalue weighted by Gasteiger charge is -2.26. The molecule has 2 aromatic carbocycles. The van der Waals surface area contributed by atoms with Crippen molar-refractivity contribution < 1.29 is 33.0 Å².